The van der Waals surface area contributed by atoms with Crippen molar-refractivity contribution in [3.8, 4) is 11.5 Å². The summed E-state index contributed by atoms with van der Waals surface area (Å²) >= 11 is 3.17. The van der Waals surface area contributed by atoms with E-state index < -0.39 is 10.0 Å². The second-order valence-corrected chi connectivity index (χ2v) is 9.18. The Labute approximate surface area is 171 Å². The number of nitrogens with zero attached hydrogens (tertiary/aromatic N) is 2. The number of hydrogen-bond acceptors (Lipinski definition) is 6. The Hall–Kier alpha value is -2.04. The van der Waals surface area contributed by atoms with Crippen LogP contribution in [0.25, 0.3) is 0 Å². The van der Waals surface area contributed by atoms with Crippen molar-refractivity contribution < 1.29 is 27.1 Å². The summed E-state index contributed by atoms with van der Waals surface area (Å²) in [5, 5.41) is 0. The summed E-state index contributed by atoms with van der Waals surface area (Å²) < 4.78 is 44.3. The molecular weight excluding hydrogens is 452 g/mol. The zero-order valence-electron chi connectivity index (χ0n) is 15.0. The number of amides is 1. The molecule has 150 valence electrons. The number of halogens is 1. The van der Waals surface area contributed by atoms with E-state index in [2.05, 4.69) is 15.9 Å². The molecule has 2 aromatic rings. The molecule has 0 saturated carbocycles. The topological polar surface area (TPSA) is 89.3 Å². The lowest BCUT2D eigenvalue weighted by Gasteiger charge is -2.33. The van der Waals surface area contributed by atoms with Crippen molar-refractivity contribution in [2.75, 3.05) is 39.4 Å². The van der Waals surface area contributed by atoms with Crippen LogP contribution >= 0.6 is 15.9 Å². The maximum atomic E-state index is 13.0. The Morgan fingerprint density at radius 3 is 2.36 bits per heavy atom. The van der Waals surface area contributed by atoms with Gasteiger partial charge in [-0.2, -0.15) is 4.31 Å². The third kappa shape index (κ3) is 3.76. The van der Waals surface area contributed by atoms with Crippen LogP contribution in [-0.2, 0) is 10.0 Å². The molecule has 2 aliphatic rings. The predicted molar refractivity (Wildman–Crippen MR) is 103 cm³/mol. The summed E-state index contributed by atoms with van der Waals surface area (Å²) in [7, 11) is -3.69. The Bertz CT molecular complexity index is 982. The van der Waals surface area contributed by atoms with Gasteiger partial charge in [-0.05, 0) is 40.2 Å². The molecule has 0 unspecified atom stereocenters. The van der Waals surface area contributed by atoms with Crippen molar-refractivity contribution in [1.82, 2.24) is 9.21 Å². The Morgan fingerprint density at radius 1 is 0.964 bits per heavy atom. The van der Waals surface area contributed by atoms with Gasteiger partial charge in [-0.15, -0.1) is 0 Å². The fourth-order valence-electron chi connectivity index (χ4n) is 3.17. The van der Waals surface area contributed by atoms with E-state index in [9.17, 15) is 13.2 Å². The van der Waals surface area contributed by atoms with Crippen LogP contribution in [0.5, 0.6) is 11.5 Å². The molecule has 0 N–H and O–H groups in total. The quantitative estimate of drug-likeness (QED) is 0.683. The number of sulfonamides is 1. The fourth-order valence-corrected chi connectivity index (χ4v) is 4.91. The first-order valence-electron chi connectivity index (χ1n) is 8.89. The lowest BCUT2D eigenvalue weighted by Crippen LogP contribution is -2.50. The Kier molecular flexibility index (Phi) is 5.35. The summed E-state index contributed by atoms with van der Waals surface area (Å²) in [5.74, 6) is 0.969. The van der Waals surface area contributed by atoms with E-state index in [1.807, 2.05) is 0 Å². The van der Waals surface area contributed by atoms with Crippen molar-refractivity contribution in [3.05, 3.63) is 40.8 Å². The molecule has 0 bridgehead atoms. The lowest BCUT2D eigenvalue weighted by atomic mass is 10.3. The summed E-state index contributed by atoms with van der Waals surface area (Å²) in [6.45, 7) is 2.04. The van der Waals surface area contributed by atoms with Crippen LogP contribution in [0.2, 0.25) is 0 Å². The molecule has 0 atom stereocenters. The zero-order valence-corrected chi connectivity index (χ0v) is 17.4. The third-order valence-electron chi connectivity index (χ3n) is 4.67. The van der Waals surface area contributed by atoms with Gasteiger partial charge < -0.3 is 18.8 Å². The summed E-state index contributed by atoms with van der Waals surface area (Å²) in [6, 6.07) is 7.90. The number of furan rings is 1. The van der Waals surface area contributed by atoms with Gasteiger partial charge in [-0.1, -0.05) is 0 Å². The zero-order chi connectivity index (χ0) is 19.7. The average molecular weight is 471 g/mol. The highest BCUT2D eigenvalue weighted by molar-refractivity contribution is 9.10. The number of carbonyl (C=O) groups is 1. The maximum Gasteiger partial charge on any atom is 0.289 e. The molecule has 1 fully saturated rings. The normalized spacial score (nSPS) is 18.0. The minimum atomic E-state index is -3.69. The number of fused-ring (bicyclic) bond motifs is 1. The molecule has 0 spiro atoms. The van der Waals surface area contributed by atoms with E-state index in [1.54, 1.807) is 23.1 Å². The van der Waals surface area contributed by atoms with Crippen molar-refractivity contribution >= 4 is 31.9 Å². The van der Waals surface area contributed by atoms with Gasteiger partial charge in [0.05, 0.1) is 18.1 Å². The molecule has 8 nitrogen and oxygen atoms in total. The first-order valence-corrected chi connectivity index (χ1v) is 11.1. The van der Waals surface area contributed by atoms with Gasteiger partial charge in [0.1, 0.15) is 0 Å². The fraction of sp³-hybridized carbons (Fsp3) is 0.389. The van der Waals surface area contributed by atoms with Crippen LogP contribution in [0.4, 0.5) is 0 Å². The van der Waals surface area contributed by atoms with Crippen LogP contribution in [0.15, 0.2) is 44.3 Å². The first-order chi connectivity index (χ1) is 13.4. The molecule has 1 aromatic carbocycles. The molecule has 0 aliphatic carbocycles. The smallest absolute Gasteiger partial charge is 0.289 e. The van der Waals surface area contributed by atoms with E-state index in [1.165, 1.54) is 16.4 Å². The molecule has 1 amide bonds. The number of piperazine rings is 1. The monoisotopic (exact) mass is 470 g/mol. The summed E-state index contributed by atoms with van der Waals surface area (Å²) in [6.07, 6.45) is 0.749. The molecule has 1 saturated heterocycles. The van der Waals surface area contributed by atoms with E-state index in [-0.39, 0.29) is 29.7 Å². The van der Waals surface area contributed by atoms with Gasteiger partial charge in [0.25, 0.3) is 5.91 Å². The second kappa shape index (κ2) is 7.76. The number of rotatable bonds is 3. The second-order valence-electron chi connectivity index (χ2n) is 6.46. The standard InChI is InChI=1S/C18H19BrN2O6S/c19-17-5-4-15(27-17)18(22)20-6-8-21(9-7-20)28(23,24)13-2-3-14-16(12-13)26-11-1-10-25-14/h2-5,12H,1,6-11H2. The minimum absolute atomic E-state index is 0.159. The highest BCUT2D eigenvalue weighted by atomic mass is 79.9. The van der Waals surface area contributed by atoms with E-state index >= 15 is 0 Å². The van der Waals surface area contributed by atoms with E-state index in [0.717, 1.165) is 6.42 Å². The van der Waals surface area contributed by atoms with Gasteiger partial charge in [-0.25, -0.2) is 8.42 Å². The number of ether oxygens (including phenoxy) is 2. The lowest BCUT2D eigenvalue weighted by molar-refractivity contribution is 0.0664. The summed E-state index contributed by atoms with van der Waals surface area (Å²) in [5.41, 5.74) is 0. The van der Waals surface area contributed by atoms with E-state index in [4.69, 9.17) is 13.9 Å². The van der Waals surface area contributed by atoms with Crippen LogP contribution in [0.1, 0.15) is 17.0 Å². The predicted octanol–water partition coefficient (Wildman–Crippen LogP) is 2.35. The van der Waals surface area contributed by atoms with Crippen molar-refractivity contribution in [2.24, 2.45) is 0 Å². The van der Waals surface area contributed by atoms with Gasteiger partial charge in [-0.3, -0.25) is 4.79 Å². The number of benzene rings is 1. The van der Waals surface area contributed by atoms with Gasteiger partial charge in [0.2, 0.25) is 10.0 Å². The minimum Gasteiger partial charge on any atom is -0.490 e. The maximum absolute atomic E-state index is 13.0. The van der Waals surface area contributed by atoms with Gasteiger partial charge >= 0.3 is 0 Å². The SMILES string of the molecule is O=C(c1ccc(Br)o1)N1CCN(S(=O)(=O)c2ccc3c(c2)OCCCO3)CC1. The van der Waals surface area contributed by atoms with Crippen LogP contribution < -0.4 is 9.47 Å². The molecule has 28 heavy (non-hydrogen) atoms. The third-order valence-corrected chi connectivity index (χ3v) is 6.99. The molecule has 3 heterocycles. The molecule has 4 rings (SSSR count). The molecule has 2 aliphatic heterocycles. The largest absolute Gasteiger partial charge is 0.490 e. The Morgan fingerprint density at radius 2 is 1.68 bits per heavy atom. The Balaban J connectivity index is 1.46. The molecule has 1 aromatic heterocycles. The molecular formula is C18H19BrN2O6S. The van der Waals surface area contributed by atoms with Gasteiger partial charge in [0.15, 0.2) is 21.9 Å². The number of hydrogen-bond donors (Lipinski definition) is 0. The van der Waals surface area contributed by atoms with Crippen LogP contribution in [-0.4, -0.2) is 62.9 Å². The summed E-state index contributed by atoms with van der Waals surface area (Å²) in [4.78, 5) is 14.2. The molecule has 10 heteroatoms. The first kappa shape index (κ1) is 19.3. The molecule has 0 radical (unpaired) electrons. The van der Waals surface area contributed by atoms with Crippen molar-refractivity contribution in [3.63, 3.8) is 0 Å². The highest BCUT2D eigenvalue weighted by Crippen LogP contribution is 2.33. The van der Waals surface area contributed by atoms with Crippen molar-refractivity contribution in [1.29, 1.82) is 0 Å². The highest BCUT2D eigenvalue weighted by Gasteiger charge is 2.32. The number of carbonyl (C=O) groups excluding carboxylic acids is 1. The average Bonchev–Trinajstić information content (AvgIpc) is 3.00. The van der Waals surface area contributed by atoms with Crippen LogP contribution in [0, 0.1) is 0 Å². The van der Waals surface area contributed by atoms with Crippen LogP contribution in [0.3, 0.4) is 0 Å². The van der Waals surface area contributed by atoms with E-state index in [0.29, 0.717) is 42.5 Å². The van der Waals surface area contributed by atoms with Crippen molar-refractivity contribution in [2.45, 2.75) is 11.3 Å². The van der Waals surface area contributed by atoms with Gasteiger partial charge in [0, 0.05) is 38.7 Å².